The number of aliphatic hydroxyl groups is 1. The van der Waals surface area contributed by atoms with Gasteiger partial charge in [-0.05, 0) is 12.5 Å². The number of rotatable bonds is 7. The second kappa shape index (κ2) is 6.41. The first-order chi connectivity index (χ1) is 9.27. The standard InChI is InChI=1S/C10H12N2O7S/c13-5-4-9(10(14)15)11-20(18,19)8-3-1-2-7(6-8)12(16)17/h1-3,6,9,11,13H,4-5H2,(H,14,15)/t9-/m0/s1. The molecule has 0 aliphatic rings. The van der Waals surface area contributed by atoms with Gasteiger partial charge in [-0.3, -0.25) is 14.9 Å². The van der Waals surface area contributed by atoms with Gasteiger partial charge in [-0.15, -0.1) is 0 Å². The summed E-state index contributed by atoms with van der Waals surface area (Å²) >= 11 is 0. The zero-order chi connectivity index (χ0) is 15.3. The van der Waals surface area contributed by atoms with Crippen molar-refractivity contribution in [2.45, 2.75) is 17.4 Å². The Kier molecular flexibility index (Phi) is 5.13. The number of aliphatic carboxylic acids is 1. The number of nitrogens with one attached hydrogen (secondary N) is 1. The summed E-state index contributed by atoms with van der Waals surface area (Å²) in [6.45, 7) is -0.519. The molecule has 0 spiro atoms. The first kappa shape index (κ1) is 16.0. The maximum Gasteiger partial charge on any atom is 0.321 e. The number of carboxylic acid groups (broad SMARTS) is 1. The van der Waals surface area contributed by atoms with Crippen molar-refractivity contribution >= 4 is 21.7 Å². The van der Waals surface area contributed by atoms with Crippen molar-refractivity contribution in [3.8, 4) is 0 Å². The number of non-ortho nitro benzene ring substituents is 1. The van der Waals surface area contributed by atoms with Crippen molar-refractivity contribution in [3.05, 3.63) is 34.4 Å². The number of nitro benzene ring substituents is 1. The van der Waals surface area contributed by atoms with E-state index in [1.54, 1.807) is 0 Å². The number of benzene rings is 1. The third-order valence-corrected chi connectivity index (χ3v) is 3.82. The minimum Gasteiger partial charge on any atom is -0.480 e. The van der Waals surface area contributed by atoms with Gasteiger partial charge in [0.15, 0.2) is 0 Å². The van der Waals surface area contributed by atoms with E-state index in [-0.39, 0.29) is 6.42 Å². The van der Waals surface area contributed by atoms with Crippen LogP contribution in [-0.4, -0.2) is 42.2 Å². The van der Waals surface area contributed by atoms with E-state index in [0.29, 0.717) is 0 Å². The van der Waals surface area contributed by atoms with Gasteiger partial charge in [0.1, 0.15) is 6.04 Å². The van der Waals surface area contributed by atoms with Gasteiger partial charge in [-0.2, -0.15) is 4.72 Å². The molecule has 20 heavy (non-hydrogen) atoms. The molecular formula is C10H12N2O7S. The summed E-state index contributed by atoms with van der Waals surface area (Å²) in [4.78, 5) is 20.2. The van der Waals surface area contributed by atoms with E-state index in [1.165, 1.54) is 6.07 Å². The molecule has 1 atom stereocenters. The molecule has 0 saturated carbocycles. The van der Waals surface area contributed by atoms with Gasteiger partial charge in [-0.25, -0.2) is 8.42 Å². The highest BCUT2D eigenvalue weighted by Crippen LogP contribution is 2.17. The molecule has 0 radical (unpaired) electrons. The molecule has 0 aromatic heterocycles. The number of sulfonamides is 1. The van der Waals surface area contributed by atoms with Crippen LogP contribution in [0.4, 0.5) is 5.69 Å². The quantitative estimate of drug-likeness (QED) is 0.463. The highest BCUT2D eigenvalue weighted by Gasteiger charge is 2.25. The molecule has 0 saturated heterocycles. The molecule has 0 aliphatic heterocycles. The average molecular weight is 304 g/mol. The van der Waals surface area contributed by atoms with Crippen molar-refractivity contribution in [1.82, 2.24) is 4.72 Å². The predicted octanol–water partition coefficient (Wildman–Crippen LogP) is -0.291. The first-order valence-corrected chi connectivity index (χ1v) is 6.86. The number of hydrogen-bond acceptors (Lipinski definition) is 6. The summed E-state index contributed by atoms with van der Waals surface area (Å²) in [7, 11) is -4.23. The van der Waals surface area contributed by atoms with Gasteiger partial charge in [0.2, 0.25) is 10.0 Å². The SMILES string of the molecule is O=C(O)[C@H](CCO)NS(=O)(=O)c1cccc([N+](=O)[O-])c1. The second-order valence-electron chi connectivity index (χ2n) is 3.78. The Labute approximate surface area is 114 Å². The third-order valence-electron chi connectivity index (χ3n) is 2.35. The van der Waals surface area contributed by atoms with Crippen LogP contribution in [0.3, 0.4) is 0 Å². The van der Waals surface area contributed by atoms with Crippen LogP contribution in [0.2, 0.25) is 0 Å². The highest BCUT2D eigenvalue weighted by molar-refractivity contribution is 7.89. The molecule has 1 aromatic rings. The zero-order valence-corrected chi connectivity index (χ0v) is 10.9. The minimum atomic E-state index is -4.23. The van der Waals surface area contributed by atoms with E-state index in [1.807, 2.05) is 4.72 Å². The van der Waals surface area contributed by atoms with E-state index < -0.39 is 44.1 Å². The van der Waals surface area contributed by atoms with Crippen LogP contribution >= 0.6 is 0 Å². The Balaban J connectivity index is 3.07. The van der Waals surface area contributed by atoms with Crippen molar-refractivity contribution < 1.29 is 28.3 Å². The van der Waals surface area contributed by atoms with Crippen molar-refractivity contribution in [1.29, 1.82) is 0 Å². The van der Waals surface area contributed by atoms with Crippen LogP contribution in [0.25, 0.3) is 0 Å². The molecule has 0 fully saturated rings. The van der Waals surface area contributed by atoms with Crippen LogP contribution < -0.4 is 4.72 Å². The number of carbonyl (C=O) groups is 1. The second-order valence-corrected chi connectivity index (χ2v) is 5.49. The maximum atomic E-state index is 11.9. The number of carboxylic acids is 1. The summed E-state index contributed by atoms with van der Waals surface area (Å²) in [6.07, 6.45) is -0.316. The van der Waals surface area contributed by atoms with Crippen LogP contribution in [0.15, 0.2) is 29.2 Å². The molecule has 0 unspecified atom stereocenters. The molecule has 0 aliphatic carbocycles. The first-order valence-electron chi connectivity index (χ1n) is 5.38. The molecule has 10 heteroatoms. The average Bonchev–Trinajstić information content (AvgIpc) is 2.38. The number of nitrogens with zero attached hydrogens (tertiary/aromatic N) is 1. The lowest BCUT2D eigenvalue weighted by Gasteiger charge is -2.13. The van der Waals surface area contributed by atoms with Gasteiger partial charge < -0.3 is 10.2 Å². The fraction of sp³-hybridized carbons (Fsp3) is 0.300. The van der Waals surface area contributed by atoms with Crippen molar-refractivity contribution in [3.63, 3.8) is 0 Å². The lowest BCUT2D eigenvalue weighted by Crippen LogP contribution is -2.41. The fourth-order valence-electron chi connectivity index (χ4n) is 1.38. The summed E-state index contributed by atoms with van der Waals surface area (Å²) in [5.74, 6) is -1.45. The Morgan fingerprint density at radius 3 is 2.60 bits per heavy atom. The molecular weight excluding hydrogens is 292 g/mol. The normalized spacial score (nSPS) is 12.8. The Morgan fingerprint density at radius 2 is 2.10 bits per heavy atom. The lowest BCUT2D eigenvalue weighted by molar-refractivity contribution is -0.385. The largest absolute Gasteiger partial charge is 0.480 e. The molecule has 1 rings (SSSR count). The summed E-state index contributed by atoms with van der Waals surface area (Å²) in [5.41, 5.74) is -0.429. The smallest absolute Gasteiger partial charge is 0.321 e. The number of nitro groups is 1. The van der Waals surface area contributed by atoms with Crippen molar-refractivity contribution in [2.24, 2.45) is 0 Å². The molecule has 9 nitrogen and oxygen atoms in total. The summed E-state index contributed by atoms with van der Waals surface area (Å²) in [5, 5.41) is 28.1. The van der Waals surface area contributed by atoms with E-state index in [4.69, 9.17) is 10.2 Å². The Bertz CT molecular complexity index is 614. The molecule has 3 N–H and O–H groups in total. The van der Waals surface area contributed by atoms with Gasteiger partial charge in [0, 0.05) is 18.7 Å². The molecule has 0 bridgehead atoms. The summed E-state index contributed by atoms with van der Waals surface area (Å²) in [6, 6.07) is 2.70. The van der Waals surface area contributed by atoms with Gasteiger partial charge in [0.05, 0.1) is 9.82 Å². The van der Waals surface area contributed by atoms with Crippen molar-refractivity contribution in [2.75, 3.05) is 6.61 Å². The predicted molar refractivity (Wildman–Crippen MR) is 66.5 cm³/mol. The number of hydrogen-bond donors (Lipinski definition) is 3. The third kappa shape index (κ3) is 3.98. The minimum absolute atomic E-state index is 0.316. The molecule has 1 aromatic carbocycles. The lowest BCUT2D eigenvalue weighted by atomic mass is 10.2. The van der Waals surface area contributed by atoms with Crippen LogP contribution in [-0.2, 0) is 14.8 Å². The van der Waals surface area contributed by atoms with Gasteiger partial charge in [-0.1, -0.05) is 6.07 Å². The Morgan fingerprint density at radius 1 is 1.45 bits per heavy atom. The summed E-state index contributed by atoms with van der Waals surface area (Å²) < 4.78 is 25.7. The van der Waals surface area contributed by atoms with Crippen LogP contribution in [0.1, 0.15) is 6.42 Å². The Hall–Kier alpha value is -2.04. The van der Waals surface area contributed by atoms with Crippen LogP contribution in [0, 0.1) is 10.1 Å². The topological polar surface area (TPSA) is 147 Å². The molecule has 0 amide bonds. The van der Waals surface area contributed by atoms with Gasteiger partial charge in [0.25, 0.3) is 5.69 Å². The monoisotopic (exact) mass is 304 g/mol. The fourth-order valence-corrected chi connectivity index (χ4v) is 2.64. The number of aliphatic hydroxyl groups excluding tert-OH is 1. The van der Waals surface area contributed by atoms with E-state index >= 15 is 0 Å². The molecule has 0 heterocycles. The highest BCUT2D eigenvalue weighted by atomic mass is 32.2. The van der Waals surface area contributed by atoms with E-state index in [2.05, 4.69) is 0 Å². The van der Waals surface area contributed by atoms with Gasteiger partial charge >= 0.3 is 5.97 Å². The maximum absolute atomic E-state index is 11.9. The van der Waals surface area contributed by atoms with E-state index in [9.17, 15) is 23.3 Å². The molecule has 110 valence electrons. The van der Waals surface area contributed by atoms with E-state index in [0.717, 1.165) is 18.2 Å². The van der Waals surface area contributed by atoms with Crippen LogP contribution in [0.5, 0.6) is 0 Å². The zero-order valence-electron chi connectivity index (χ0n) is 10.1.